The maximum absolute atomic E-state index is 8.01. The van der Waals surface area contributed by atoms with Crippen LogP contribution in [0.25, 0.3) is 0 Å². The number of rotatable bonds is 2. The molecule has 10 heavy (non-hydrogen) atoms. The molecular weight excluding hydrogens is 179 g/mol. The number of nitrogens with zero attached hydrogens (tertiary/aromatic N) is 1. The van der Waals surface area contributed by atoms with Crippen molar-refractivity contribution >= 4 is 30.8 Å². The third-order valence-electron chi connectivity index (χ3n) is 0.526. The van der Waals surface area contributed by atoms with Crippen molar-refractivity contribution in [3.63, 3.8) is 0 Å². The number of nitrogens with two attached hydrogens (primary N) is 2. The van der Waals surface area contributed by atoms with Gasteiger partial charge in [0.25, 0.3) is 0 Å². The van der Waals surface area contributed by atoms with Gasteiger partial charge in [-0.3, -0.25) is 10.2 Å². The molecule has 0 atom stereocenters. The van der Waals surface area contributed by atoms with Crippen molar-refractivity contribution in [2.75, 3.05) is 13.1 Å². The van der Waals surface area contributed by atoms with Crippen molar-refractivity contribution in [2.24, 2.45) is 16.5 Å². The molecule has 6 N–H and O–H groups in total. The van der Waals surface area contributed by atoms with Gasteiger partial charge in [-0.05, 0) is 0 Å². The zero-order valence-electron chi connectivity index (χ0n) is 5.28. The molecule has 0 fully saturated rings. The lowest BCUT2D eigenvalue weighted by Gasteiger charge is -1.93. The smallest absolute Gasteiger partial charge is 0.212 e. The van der Waals surface area contributed by atoms with Gasteiger partial charge in [0, 0.05) is 6.54 Å². The van der Waals surface area contributed by atoms with Gasteiger partial charge in [-0.25, -0.2) is 5.48 Å². The molecule has 0 aliphatic carbocycles. The standard InChI is InChI=1S/C3H10N4O.2ClH/c4-1-2-6-3(5)7-8;;/h8H,1-2,4H2,(H3,5,6,7);2*1H. The van der Waals surface area contributed by atoms with Crippen LogP contribution in [0.5, 0.6) is 0 Å². The van der Waals surface area contributed by atoms with E-state index in [-0.39, 0.29) is 30.8 Å². The number of hydrogen-bond acceptors (Lipinski definition) is 3. The summed E-state index contributed by atoms with van der Waals surface area (Å²) in [6.45, 7) is 0.863. The van der Waals surface area contributed by atoms with Crippen LogP contribution in [0.3, 0.4) is 0 Å². The first-order chi connectivity index (χ1) is 3.81. The Balaban J connectivity index is -0.000000245. The highest BCUT2D eigenvalue weighted by atomic mass is 35.5. The van der Waals surface area contributed by atoms with Crippen molar-refractivity contribution in [3.05, 3.63) is 0 Å². The maximum Gasteiger partial charge on any atom is 0.212 e. The number of halogens is 2. The number of nitrogens with one attached hydrogen (secondary N) is 1. The van der Waals surface area contributed by atoms with Gasteiger partial charge in [0.2, 0.25) is 5.96 Å². The van der Waals surface area contributed by atoms with Gasteiger partial charge in [-0.2, -0.15) is 0 Å². The molecule has 0 radical (unpaired) electrons. The lowest BCUT2D eigenvalue weighted by atomic mass is 10.7. The summed E-state index contributed by atoms with van der Waals surface area (Å²) in [4.78, 5) is 3.57. The highest BCUT2D eigenvalue weighted by molar-refractivity contribution is 5.85. The van der Waals surface area contributed by atoms with E-state index in [2.05, 4.69) is 4.99 Å². The predicted octanol–water partition coefficient (Wildman–Crippen LogP) is -0.918. The summed E-state index contributed by atoms with van der Waals surface area (Å²) in [7, 11) is 0. The Hall–Kier alpha value is -0.230. The van der Waals surface area contributed by atoms with Gasteiger partial charge >= 0.3 is 0 Å². The van der Waals surface area contributed by atoms with E-state index in [0.717, 1.165) is 0 Å². The summed E-state index contributed by atoms with van der Waals surface area (Å²) in [5.74, 6) is -0.00421. The molecular formula is C3H12Cl2N4O. The molecule has 0 aromatic rings. The first-order valence-corrected chi connectivity index (χ1v) is 2.21. The van der Waals surface area contributed by atoms with E-state index in [4.69, 9.17) is 16.7 Å². The van der Waals surface area contributed by atoms with E-state index >= 15 is 0 Å². The van der Waals surface area contributed by atoms with Crippen LogP contribution in [0.1, 0.15) is 0 Å². The van der Waals surface area contributed by atoms with Gasteiger partial charge in [-0.15, -0.1) is 24.8 Å². The third kappa shape index (κ3) is 10.7. The predicted molar refractivity (Wildman–Crippen MR) is 45.0 cm³/mol. The lowest BCUT2D eigenvalue weighted by Crippen LogP contribution is -2.29. The molecule has 5 nitrogen and oxygen atoms in total. The molecule has 0 aliphatic rings. The Bertz CT molecular complexity index is 88.6. The van der Waals surface area contributed by atoms with Crippen LogP contribution in [0.15, 0.2) is 4.99 Å². The number of hydrogen-bond donors (Lipinski definition) is 4. The molecule has 0 rings (SSSR count). The van der Waals surface area contributed by atoms with Crippen LogP contribution in [0, 0.1) is 0 Å². The van der Waals surface area contributed by atoms with E-state index in [1.165, 1.54) is 0 Å². The number of guanidine groups is 1. The van der Waals surface area contributed by atoms with Gasteiger partial charge < -0.3 is 11.5 Å². The molecule has 0 saturated carbocycles. The summed E-state index contributed by atoms with van der Waals surface area (Å²) in [5.41, 5.74) is 11.7. The minimum atomic E-state index is -0.00421. The van der Waals surface area contributed by atoms with Crippen LogP contribution in [-0.4, -0.2) is 24.3 Å². The molecule has 0 unspecified atom stereocenters. The van der Waals surface area contributed by atoms with E-state index < -0.39 is 0 Å². The fraction of sp³-hybridized carbons (Fsp3) is 0.667. The van der Waals surface area contributed by atoms with Crippen molar-refractivity contribution in [1.29, 1.82) is 0 Å². The fourth-order valence-corrected chi connectivity index (χ4v) is 0.220. The highest BCUT2D eigenvalue weighted by Gasteiger charge is 1.80. The number of hydroxylamine groups is 1. The molecule has 0 saturated heterocycles. The minimum Gasteiger partial charge on any atom is -0.368 e. The Labute approximate surface area is 71.6 Å². The quantitative estimate of drug-likeness (QED) is 0.258. The van der Waals surface area contributed by atoms with Crippen molar-refractivity contribution in [2.45, 2.75) is 0 Å². The normalized spacial score (nSPS) is 9.20. The average molecular weight is 191 g/mol. The summed E-state index contributed by atoms with van der Waals surface area (Å²) in [6.07, 6.45) is 0. The third-order valence-corrected chi connectivity index (χ3v) is 0.526. The average Bonchev–Trinajstić information content (AvgIpc) is 1.83. The zero-order chi connectivity index (χ0) is 6.41. The van der Waals surface area contributed by atoms with E-state index in [0.29, 0.717) is 13.1 Å². The molecule has 64 valence electrons. The van der Waals surface area contributed by atoms with E-state index in [9.17, 15) is 0 Å². The van der Waals surface area contributed by atoms with Crippen LogP contribution in [0.2, 0.25) is 0 Å². The molecule has 0 amide bonds. The molecule has 0 aliphatic heterocycles. The summed E-state index contributed by atoms with van der Waals surface area (Å²) in [5, 5.41) is 8.01. The zero-order valence-corrected chi connectivity index (χ0v) is 6.91. The highest BCUT2D eigenvalue weighted by Crippen LogP contribution is 1.61. The van der Waals surface area contributed by atoms with Crippen LogP contribution < -0.4 is 16.9 Å². The summed E-state index contributed by atoms with van der Waals surface area (Å²) < 4.78 is 0. The van der Waals surface area contributed by atoms with Crippen molar-refractivity contribution in [1.82, 2.24) is 5.48 Å². The fourth-order valence-electron chi connectivity index (χ4n) is 0.220. The Kier molecular flexibility index (Phi) is 18.9. The van der Waals surface area contributed by atoms with Gasteiger partial charge in [-0.1, -0.05) is 0 Å². The van der Waals surface area contributed by atoms with E-state index in [1.54, 1.807) is 5.48 Å². The van der Waals surface area contributed by atoms with Gasteiger partial charge in [0.15, 0.2) is 0 Å². The second-order valence-corrected chi connectivity index (χ2v) is 1.17. The van der Waals surface area contributed by atoms with Crippen LogP contribution in [0.4, 0.5) is 0 Å². The van der Waals surface area contributed by atoms with Gasteiger partial charge in [0.1, 0.15) is 0 Å². The lowest BCUT2D eigenvalue weighted by molar-refractivity contribution is 0.232. The molecule has 0 heterocycles. The first-order valence-electron chi connectivity index (χ1n) is 2.21. The summed E-state index contributed by atoms with van der Waals surface area (Å²) >= 11 is 0. The van der Waals surface area contributed by atoms with Crippen LogP contribution >= 0.6 is 24.8 Å². The minimum absolute atomic E-state index is 0. The largest absolute Gasteiger partial charge is 0.368 e. The Morgan fingerprint density at radius 1 is 1.50 bits per heavy atom. The SMILES string of the molecule is Cl.Cl.NCCN=C(N)NO. The molecule has 7 heteroatoms. The van der Waals surface area contributed by atoms with E-state index in [1.807, 2.05) is 0 Å². The second kappa shape index (κ2) is 11.6. The second-order valence-electron chi connectivity index (χ2n) is 1.17. The monoisotopic (exact) mass is 190 g/mol. The number of aliphatic imine (C=N–C) groups is 1. The molecule has 0 spiro atoms. The first kappa shape index (κ1) is 16.4. The van der Waals surface area contributed by atoms with Crippen molar-refractivity contribution < 1.29 is 5.21 Å². The Morgan fingerprint density at radius 2 is 2.00 bits per heavy atom. The van der Waals surface area contributed by atoms with Gasteiger partial charge in [0.05, 0.1) is 6.54 Å². The maximum atomic E-state index is 8.01. The Morgan fingerprint density at radius 3 is 2.30 bits per heavy atom. The van der Waals surface area contributed by atoms with Crippen molar-refractivity contribution in [3.8, 4) is 0 Å². The van der Waals surface area contributed by atoms with Crippen LogP contribution in [-0.2, 0) is 0 Å². The molecule has 0 bridgehead atoms. The summed E-state index contributed by atoms with van der Waals surface area (Å²) in [6, 6.07) is 0. The molecule has 0 aromatic heterocycles. The topological polar surface area (TPSA) is 96.7 Å². The molecule has 0 aromatic carbocycles.